The number of carbonyl (C=O) groups excluding carboxylic acids is 1. The summed E-state index contributed by atoms with van der Waals surface area (Å²) in [6, 6.07) is 5.80. The zero-order valence-corrected chi connectivity index (χ0v) is 9.90. The SMILES string of the molecule is NC(C(=O)O)C(=O)NCc1cccc(Br)c1. The van der Waals surface area contributed by atoms with Crippen molar-refractivity contribution in [2.45, 2.75) is 12.6 Å². The number of hydrogen-bond donors (Lipinski definition) is 3. The summed E-state index contributed by atoms with van der Waals surface area (Å²) in [5.41, 5.74) is 5.99. The lowest BCUT2D eigenvalue weighted by Crippen LogP contribution is -2.45. The minimum Gasteiger partial charge on any atom is -0.480 e. The van der Waals surface area contributed by atoms with E-state index in [9.17, 15) is 9.59 Å². The summed E-state index contributed by atoms with van der Waals surface area (Å²) in [5.74, 6) is -2.04. The number of aliphatic carboxylic acids is 1. The highest BCUT2D eigenvalue weighted by molar-refractivity contribution is 9.10. The van der Waals surface area contributed by atoms with E-state index in [1.807, 2.05) is 24.3 Å². The quantitative estimate of drug-likeness (QED) is 0.702. The van der Waals surface area contributed by atoms with Gasteiger partial charge in [0, 0.05) is 11.0 Å². The predicted molar refractivity (Wildman–Crippen MR) is 61.6 cm³/mol. The summed E-state index contributed by atoms with van der Waals surface area (Å²) >= 11 is 3.29. The van der Waals surface area contributed by atoms with E-state index in [4.69, 9.17) is 10.8 Å². The summed E-state index contributed by atoms with van der Waals surface area (Å²) in [6.45, 7) is 0.249. The first-order valence-corrected chi connectivity index (χ1v) is 5.30. The molecule has 4 N–H and O–H groups in total. The number of rotatable bonds is 4. The first kappa shape index (κ1) is 12.7. The standard InChI is InChI=1S/C10H11BrN2O3/c11-7-3-1-2-6(4-7)5-13-9(14)8(12)10(15)16/h1-4,8H,5,12H2,(H,13,14)(H,15,16). The summed E-state index contributed by atoms with van der Waals surface area (Å²) < 4.78 is 0.891. The lowest BCUT2D eigenvalue weighted by atomic mass is 10.2. The van der Waals surface area contributed by atoms with E-state index >= 15 is 0 Å². The van der Waals surface area contributed by atoms with Crippen molar-refractivity contribution >= 4 is 27.8 Å². The Kier molecular flexibility index (Phi) is 4.45. The first-order valence-electron chi connectivity index (χ1n) is 4.51. The lowest BCUT2D eigenvalue weighted by Gasteiger charge is -2.08. The van der Waals surface area contributed by atoms with Crippen LogP contribution in [0.25, 0.3) is 0 Å². The molecule has 1 rings (SSSR count). The molecule has 0 fully saturated rings. The van der Waals surface area contributed by atoms with E-state index in [2.05, 4.69) is 21.2 Å². The maximum Gasteiger partial charge on any atom is 0.330 e. The Labute approximate surface area is 101 Å². The Morgan fingerprint density at radius 1 is 1.50 bits per heavy atom. The van der Waals surface area contributed by atoms with Gasteiger partial charge in [-0.15, -0.1) is 0 Å². The molecule has 0 aliphatic heterocycles. The van der Waals surface area contributed by atoms with Crippen molar-refractivity contribution in [1.29, 1.82) is 0 Å². The van der Waals surface area contributed by atoms with E-state index in [0.29, 0.717) is 0 Å². The van der Waals surface area contributed by atoms with Crippen LogP contribution in [0.5, 0.6) is 0 Å². The summed E-state index contributed by atoms with van der Waals surface area (Å²) in [6.07, 6.45) is 0. The smallest absolute Gasteiger partial charge is 0.330 e. The monoisotopic (exact) mass is 286 g/mol. The maximum absolute atomic E-state index is 11.2. The van der Waals surface area contributed by atoms with Gasteiger partial charge in [-0.25, -0.2) is 4.79 Å². The average molecular weight is 287 g/mol. The number of amides is 1. The van der Waals surface area contributed by atoms with Crippen LogP contribution in [0.15, 0.2) is 28.7 Å². The maximum atomic E-state index is 11.2. The van der Waals surface area contributed by atoms with Crippen LogP contribution in [-0.4, -0.2) is 23.0 Å². The number of carboxylic acid groups (broad SMARTS) is 1. The minimum atomic E-state index is -1.52. The molecule has 0 saturated heterocycles. The Bertz CT molecular complexity index is 409. The summed E-state index contributed by atoms with van der Waals surface area (Å²) in [7, 11) is 0. The van der Waals surface area contributed by atoms with Crippen LogP contribution in [0, 0.1) is 0 Å². The van der Waals surface area contributed by atoms with Crippen LogP contribution >= 0.6 is 15.9 Å². The van der Waals surface area contributed by atoms with Crippen molar-refractivity contribution in [3.63, 3.8) is 0 Å². The van der Waals surface area contributed by atoms with Gasteiger partial charge >= 0.3 is 5.97 Å². The lowest BCUT2D eigenvalue weighted by molar-refractivity contribution is -0.142. The highest BCUT2D eigenvalue weighted by Gasteiger charge is 2.20. The molecule has 1 atom stereocenters. The molecule has 6 heteroatoms. The van der Waals surface area contributed by atoms with Gasteiger partial charge in [0.2, 0.25) is 5.91 Å². The van der Waals surface area contributed by atoms with Crippen LogP contribution in [0.2, 0.25) is 0 Å². The average Bonchev–Trinajstić information content (AvgIpc) is 2.24. The molecule has 0 aliphatic rings. The van der Waals surface area contributed by atoms with E-state index in [-0.39, 0.29) is 6.54 Å². The molecule has 1 aromatic carbocycles. The number of carbonyl (C=O) groups is 2. The molecule has 1 amide bonds. The second-order valence-corrected chi connectivity index (χ2v) is 4.08. The molecule has 86 valence electrons. The zero-order valence-electron chi connectivity index (χ0n) is 8.31. The molecule has 0 radical (unpaired) electrons. The van der Waals surface area contributed by atoms with E-state index in [1.165, 1.54) is 0 Å². The van der Waals surface area contributed by atoms with Gasteiger partial charge < -0.3 is 16.2 Å². The molecule has 0 heterocycles. The summed E-state index contributed by atoms with van der Waals surface area (Å²) in [5, 5.41) is 10.9. The van der Waals surface area contributed by atoms with Crippen LogP contribution < -0.4 is 11.1 Å². The largest absolute Gasteiger partial charge is 0.480 e. The molecule has 1 aromatic rings. The van der Waals surface area contributed by atoms with Gasteiger partial charge in [-0.05, 0) is 17.7 Å². The summed E-state index contributed by atoms with van der Waals surface area (Å²) in [4.78, 5) is 21.6. The molecule has 5 nitrogen and oxygen atoms in total. The van der Waals surface area contributed by atoms with Crippen LogP contribution in [0.4, 0.5) is 0 Å². The third kappa shape index (κ3) is 3.63. The van der Waals surface area contributed by atoms with Gasteiger partial charge in [0.25, 0.3) is 0 Å². The van der Waals surface area contributed by atoms with Gasteiger partial charge in [0.05, 0.1) is 0 Å². The normalized spacial score (nSPS) is 11.9. The van der Waals surface area contributed by atoms with Crippen molar-refractivity contribution in [3.8, 4) is 0 Å². The van der Waals surface area contributed by atoms with Crippen LogP contribution in [0.3, 0.4) is 0 Å². The third-order valence-corrected chi connectivity index (χ3v) is 2.40. The van der Waals surface area contributed by atoms with Gasteiger partial charge in [0.15, 0.2) is 6.04 Å². The fourth-order valence-electron chi connectivity index (χ4n) is 1.06. The predicted octanol–water partition coefficient (Wildman–Crippen LogP) is 0.477. The van der Waals surface area contributed by atoms with Gasteiger partial charge in [-0.3, -0.25) is 4.79 Å². The molecule has 0 bridgehead atoms. The Morgan fingerprint density at radius 3 is 2.75 bits per heavy atom. The number of hydrogen-bond acceptors (Lipinski definition) is 3. The van der Waals surface area contributed by atoms with Crippen molar-refractivity contribution in [2.75, 3.05) is 0 Å². The van der Waals surface area contributed by atoms with Gasteiger partial charge in [-0.1, -0.05) is 28.1 Å². The highest BCUT2D eigenvalue weighted by atomic mass is 79.9. The molecule has 16 heavy (non-hydrogen) atoms. The van der Waals surface area contributed by atoms with Crippen LogP contribution in [-0.2, 0) is 16.1 Å². The molecule has 0 saturated carbocycles. The molecule has 0 spiro atoms. The van der Waals surface area contributed by atoms with E-state index in [0.717, 1.165) is 10.0 Å². The Morgan fingerprint density at radius 2 is 2.19 bits per heavy atom. The van der Waals surface area contributed by atoms with Crippen molar-refractivity contribution in [1.82, 2.24) is 5.32 Å². The second-order valence-electron chi connectivity index (χ2n) is 3.16. The highest BCUT2D eigenvalue weighted by Crippen LogP contribution is 2.11. The topological polar surface area (TPSA) is 92.4 Å². The molecule has 1 unspecified atom stereocenters. The van der Waals surface area contributed by atoms with E-state index in [1.54, 1.807) is 0 Å². The van der Waals surface area contributed by atoms with Gasteiger partial charge in [-0.2, -0.15) is 0 Å². The van der Waals surface area contributed by atoms with E-state index < -0.39 is 17.9 Å². The number of benzene rings is 1. The molecular formula is C10H11BrN2O3. The first-order chi connectivity index (χ1) is 7.50. The number of nitrogens with one attached hydrogen (secondary N) is 1. The minimum absolute atomic E-state index is 0.249. The van der Waals surface area contributed by atoms with Crippen LogP contribution in [0.1, 0.15) is 5.56 Å². The van der Waals surface area contributed by atoms with Crippen molar-refractivity contribution < 1.29 is 14.7 Å². The number of halogens is 1. The molecule has 0 aromatic heterocycles. The molecular weight excluding hydrogens is 276 g/mol. The Balaban J connectivity index is 2.52. The van der Waals surface area contributed by atoms with Gasteiger partial charge in [0.1, 0.15) is 0 Å². The molecule has 0 aliphatic carbocycles. The number of carboxylic acids is 1. The van der Waals surface area contributed by atoms with Crippen molar-refractivity contribution in [3.05, 3.63) is 34.3 Å². The number of nitrogens with two attached hydrogens (primary N) is 1. The second kappa shape index (κ2) is 5.62. The zero-order chi connectivity index (χ0) is 12.1. The fraction of sp³-hybridized carbons (Fsp3) is 0.200. The fourth-order valence-corrected chi connectivity index (χ4v) is 1.50. The Hall–Kier alpha value is -1.40. The third-order valence-electron chi connectivity index (χ3n) is 1.90. The van der Waals surface area contributed by atoms with Crippen molar-refractivity contribution in [2.24, 2.45) is 5.73 Å².